The zero-order chi connectivity index (χ0) is 19.7. The third-order valence-electron chi connectivity index (χ3n) is 5.10. The lowest BCUT2D eigenvalue weighted by Crippen LogP contribution is -2.47. The number of nitrogens with zero attached hydrogens (tertiary/aromatic N) is 3. The van der Waals surface area contributed by atoms with E-state index < -0.39 is 0 Å². The van der Waals surface area contributed by atoms with E-state index >= 15 is 0 Å². The van der Waals surface area contributed by atoms with Crippen LogP contribution in [0.3, 0.4) is 0 Å². The largest absolute Gasteiger partial charge is 0.377 e. The molecule has 0 bridgehead atoms. The van der Waals surface area contributed by atoms with Gasteiger partial charge >= 0.3 is 0 Å². The van der Waals surface area contributed by atoms with Gasteiger partial charge < -0.3 is 9.64 Å². The van der Waals surface area contributed by atoms with E-state index in [4.69, 9.17) is 9.84 Å². The molecule has 2 aliphatic heterocycles. The molecular formula is C22H23N3O2S. The molecule has 0 spiro atoms. The van der Waals surface area contributed by atoms with E-state index in [1.54, 1.807) is 11.8 Å². The number of para-hydroxylation sites is 1. The van der Waals surface area contributed by atoms with E-state index in [9.17, 15) is 4.79 Å². The van der Waals surface area contributed by atoms with Gasteiger partial charge in [0.15, 0.2) is 5.69 Å². The molecule has 6 heteroatoms. The van der Waals surface area contributed by atoms with Crippen molar-refractivity contribution in [3.05, 3.63) is 77.5 Å². The Balaban J connectivity index is 1.89. The lowest BCUT2D eigenvalue weighted by molar-refractivity contribution is 0.00320. The topological polar surface area (TPSA) is 47.4 Å². The van der Waals surface area contributed by atoms with E-state index in [2.05, 4.69) is 13.2 Å². The Morgan fingerprint density at radius 2 is 2.07 bits per heavy atom. The normalized spacial score (nSPS) is 19.3. The molecule has 0 radical (unpaired) electrons. The summed E-state index contributed by atoms with van der Waals surface area (Å²) in [5.41, 5.74) is 4.29. The van der Waals surface area contributed by atoms with Crippen LogP contribution in [-0.2, 0) is 10.5 Å². The number of allylic oxidation sites excluding steroid dienone is 3. The lowest BCUT2D eigenvalue weighted by atomic mass is 10.0. The molecule has 1 unspecified atom stereocenters. The van der Waals surface area contributed by atoms with Gasteiger partial charge in [-0.1, -0.05) is 43.5 Å². The number of amides is 1. The molecule has 2 aliphatic rings. The second kappa shape index (κ2) is 7.81. The van der Waals surface area contributed by atoms with E-state index in [0.717, 1.165) is 27.4 Å². The predicted octanol–water partition coefficient (Wildman–Crippen LogP) is 4.06. The van der Waals surface area contributed by atoms with Crippen LogP contribution in [0.15, 0.2) is 60.5 Å². The van der Waals surface area contributed by atoms with Gasteiger partial charge in [0, 0.05) is 28.3 Å². The molecule has 5 nitrogen and oxygen atoms in total. The van der Waals surface area contributed by atoms with Crippen LogP contribution in [0.2, 0.25) is 0 Å². The Labute approximate surface area is 169 Å². The number of ether oxygens (including phenoxy) is 1. The van der Waals surface area contributed by atoms with Gasteiger partial charge in [0.05, 0.1) is 30.6 Å². The second-order valence-corrected chi connectivity index (χ2v) is 7.84. The number of aromatic nitrogens is 2. The van der Waals surface area contributed by atoms with Crippen LogP contribution in [0.5, 0.6) is 0 Å². The summed E-state index contributed by atoms with van der Waals surface area (Å²) >= 11 is 1.67. The summed E-state index contributed by atoms with van der Waals surface area (Å²) in [5, 5.41) is 4.79. The Morgan fingerprint density at radius 3 is 2.75 bits per heavy atom. The standard InChI is InChI=1S/C22H23N3O2S/c1-4-17-19(5-2)28-14-18-20(22(26)24-11-12-27-13-15(24)3)23-25(21(17)18)16-9-7-6-8-10-16/h4-10,15H,1-2,11-14H2,3H3. The average Bonchev–Trinajstić information content (AvgIpc) is 3.13. The first-order chi connectivity index (χ1) is 13.7. The first-order valence-electron chi connectivity index (χ1n) is 9.34. The SMILES string of the molecule is C=CC1=C(C=C)c2c(c(C(=O)N3CCOCC3C)nn2-c2ccccc2)CS1. The molecule has 1 saturated heterocycles. The van der Waals surface area contributed by atoms with Crippen molar-refractivity contribution < 1.29 is 9.53 Å². The molecule has 2 aromatic rings. The highest BCUT2D eigenvalue weighted by molar-refractivity contribution is 8.02. The molecule has 1 fully saturated rings. The van der Waals surface area contributed by atoms with Gasteiger partial charge in [-0.3, -0.25) is 4.79 Å². The third-order valence-corrected chi connectivity index (χ3v) is 6.23. The van der Waals surface area contributed by atoms with Crippen molar-refractivity contribution in [2.45, 2.75) is 18.7 Å². The number of hydrogen-bond donors (Lipinski definition) is 0. The Hall–Kier alpha value is -2.57. The van der Waals surface area contributed by atoms with Crippen molar-refractivity contribution in [1.29, 1.82) is 0 Å². The molecule has 0 aliphatic carbocycles. The van der Waals surface area contributed by atoms with Gasteiger partial charge in [0.1, 0.15) is 0 Å². The predicted molar refractivity (Wildman–Crippen MR) is 113 cm³/mol. The second-order valence-electron chi connectivity index (χ2n) is 6.82. The molecule has 1 aromatic heterocycles. The van der Waals surface area contributed by atoms with Gasteiger partial charge in [-0.05, 0) is 19.1 Å². The summed E-state index contributed by atoms with van der Waals surface area (Å²) in [7, 11) is 0. The van der Waals surface area contributed by atoms with Crippen LogP contribution < -0.4 is 0 Å². The molecular weight excluding hydrogens is 370 g/mol. The summed E-state index contributed by atoms with van der Waals surface area (Å²) < 4.78 is 7.36. The van der Waals surface area contributed by atoms with Crippen LogP contribution in [0, 0.1) is 0 Å². The molecule has 1 aromatic carbocycles. The quantitative estimate of drug-likeness (QED) is 0.786. The first kappa shape index (κ1) is 18.8. The Morgan fingerprint density at radius 1 is 1.29 bits per heavy atom. The average molecular weight is 394 g/mol. The van der Waals surface area contributed by atoms with E-state index in [1.807, 2.05) is 59.0 Å². The maximum absolute atomic E-state index is 13.4. The van der Waals surface area contributed by atoms with Gasteiger partial charge in [0.2, 0.25) is 0 Å². The number of carbonyl (C=O) groups is 1. The molecule has 144 valence electrons. The lowest BCUT2D eigenvalue weighted by Gasteiger charge is -2.33. The van der Waals surface area contributed by atoms with Crippen molar-refractivity contribution in [3.63, 3.8) is 0 Å². The number of fused-ring (bicyclic) bond motifs is 1. The fourth-order valence-corrected chi connectivity index (χ4v) is 4.69. The highest BCUT2D eigenvalue weighted by atomic mass is 32.2. The smallest absolute Gasteiger partial charge is 0.275 e. The van der Waals surface area contributed by atoms with Crippen LogP contribution in [0.25, 0.3) is 11.3 Å². The zero-order valence-electron chi connectivity index (χ0n) is 15.9. The molecule has 0 N–H and O–H groups in total. The summed E-state index contributed by atoms with van der Waals surface area (Å²) in [6.07, 6.45) is 3.67. The van der Waals surface area contributed by atoms with Crippen LogP contribution >= 0.6 is 11.8 Å². The number of benzene rings is 1. The number of carbonyl (C=O) groups excluding carboxylic acids is 1. The van der Waals surface area contributed by atoms with Gasteiger partial charge in [0.25, 0.3) is 5.91 Å². The summed E-state index contributed by atoms with van der Waals surface area (Å²) in [4.78, 5) is 16.3. The van der Waals surface area contributed by atoms with Crippen molar-refractivity contribution in [1.82, 2.24) is 14.7 Å². The zero-order valence-corrected chi connectivity index (χ0v) is 16.7. The van der Waals surface area contributed by atoms with Crippen molar-refractivity contribution in [2.24, 2.45) is 0 Å². The Kier molecular flexibility index (Phi) is 5.24. The Bertz CT molecular complexity index is 962. The van der Waals surface area contributed by atoms with Crippen LogP contribution in [0.4, 0.5) is 0 Å². The van der Waals surface area contributed by atoms with E-state index in [0.29, 0.717) is 31.2 Å². The number of thioether (sulfide) groups is 1. The monoisotopic (exact) mass is 393 g/mol. The first-order valence-corrected chi connectivity index (χ1v) is 10.3. The number of hydrogen-bond acceptors (Lipinski definition) is 4. The minimum absolute atomic E-state index is 0.0344. The summed E-state index contributed by atoms with van der Waals surface area (Å²) in [5.74, 6) is 0.647. The summed E-state index contributed by atoms with van der Waals surface area (Å²) in [6.45, 7) is 11.7. The minimum atomic E-state index is -0.0344. The number of morpholine rings is 1. The van der Waals surface area contributed by atoms with Gasteiger partial charge in [-0.2, -0.15) is 5.10 Å². The van der Waals surface area contributed by atoms with Crippen LogP contribution in [0.1, 0.15) is 28.7 Å². The fourth-order valence-electron chi connectivity index (χ4n) is 3.67. The fraction of sp³-hybridized carbons (Fsp3) is 0.273. The van der Waals surface area contributed by atoms with Crippen molar-refractivity contribution in [2.75, 3.05) is 19.8 Å². The molecule has 0 saturated carbocycles. The highest BCUT2D eigenvalue weighted by Gasteiger charge is 2.33. The molecule has 1 atom stereocenters. The third kappa shape index (κ3) is 3.12. The number of rotatable bonds is 4. The molecule has 3 heterocycles. The maximum atomic E-state index is 13.4. The molecule has 4 rings (SSSR count). The molecule has 28 heavy (non-hydrogen) atoms. The van der Waals surface area contributed by atoms with E-state index in [-0.39, 0.29) is 11.9 Å². The van der Waals surface area contributed by atoms with Crippen LogP contribution in [-0.4, -0.2) is 46.4 Å². The molecule has 1 amide bonds. The highest BCUT2D eigenvalue weighted by Crippen LogP contribution is 2.41. The van der Waals surface area contributed by atoms with Crippen molar-refractivity contribution >= 4 is 23.2 Å². The van der Waals surface area contributed by atoms with Crippen molar-refractivity contribution in [3.8, 4) is 5.69 Å². The van der Waals surface area contributed by atoms with E-state index in [1.165, 1.54) is 0 Å². The summed E-state index contributed by atoms with van der Waals surface area (Å²) in [6, 6.07) is 9.93. The van der Waals surface area contributed by atoms with Gasteiger partial charge in [-0.25, -0.2) is 4.68 Å². The minimum Gasteiger partial charge on any atom is -0.377 e. The van der Waals surface area contributed by atoms with Gasteiger partial charge in [-0.15, -0.1) is 11.8 Å². The maximum Gasteiger partial charge on any atom is 0.275 e.